The topological polar surface area (TPSA) is 61.6 Å². The number of pyridine rings is 1. The van der Waals surface area contributed by atoms with Crippen LogP contribution in [0.5, 0.6) is 0 Å². The Morgan fingerprint density at radius 2 is 2.15 bits per heavy atom. The molecular formula is C14H9ClN4S. The van der Waals surface area contributed by atoms with E-state index in [1.807, 2.05) is 30.3 Å². The second-order valence-electron chi connectivity index (χ2n) is 4.14. The van der Waals surface area contributed by atoms with E-state index < -0.39 is 0 Å². The quantitative estimate of drug-likeness (QED) is 0.798. The molecule has 6 heteroatoms. The Hall–Kier alpha value is -2.16. The summed E-state index contributed by atoms with van der Waals surface area (Å²) >= 11 is 7.04. The van der Waals surface area contributed by atoms with Gasteiger partial charge in [0.2, 0.25) is 0 Å². The van der Waals surface area contributed by atoms with Gasteiger partial charge in [0.25, 0.3) is 0 Å². The number of aromatic nitrogens is 2. The number of halogens is 1. The number of para-hydroxylation sites is 1. The Kier molecular flexibility index (Phi) is 3.50. The molecular weight excluding hydrogens is 292 g/mol. The van der Waals surface area contributed by atoms with Gasteiger partial charge in [-0.2, -0.15) is 9.64 Å². The van der Waals surface area contributed by atoms with Gasteiger partial charge in [0, 0.05) is 18.1 Å². The normalized spacial score (nSPS) is 10.4. The maximum Gasteiger partial charge on any atom is 0.162 e. The summed E-state index contributed by atoms with van der Waals surface area (Å²) in [6.45, 7) is 0.571. The second-order valence-corrected chi connectivity index (χ2v) is 5.27. The van der Waals surface area contributed by atoms with E-state index in [0.29, 0.717) is 17.1 Å². The van der Waals surface area contributed by atoms with Crippen LogP contribution in [0.2, 0.25) is 5.15 Å². The summed E-state index contributed by atoms with van der Waals surface area (Å²) in [5, 5.41) is 14.3. The predicted octanol–water partition coefficient (Wildman–Crippen LogP) is 3.83. The van der Waals surface area contributed by atoms with Crippen LogP contribution >= 0.6 is 23.1 Å². The molecule has 0 amide bonds. The lowest BCUT2D eigenvalue weighted by atomic mass is 10.1. The van der Waals surface area contributed by atoms with Crippen molar-refractivity contribution in [2.75, 3.05) is 5.32 Å². The lowest BCUT2D eigenvalue weighted by Gasteiger charge is -2.07. The lowest BCUT2D eigenvalue weighted by molar-refractivity contribution is 1.16. The Bertz CT molecular complexity index is 801. The predicted molar refractivity (Wildman–Crippen MR) is 80.9 cm³/mol. The number of fused-ring (bicyclic) bond motifs is 1. The Morgan fingerprint density at radius 3 is 3.00 bits per heavy atom. The highest BCUT2D eigenvalue weighted by atomic mass is 35.5. The molecule has 0 unspecified atom stereocenters. The van der Waals surface area contributed by atoms with Gasteiger partial charge in [-0.15, -0.1) is 0 Å². The van der Waals surface area contributed by atoms with Gasteiger partial charge in [0.15, 0.2) is 5.15 Å². The lowest BCUT2D eigenvalue weighted by Crippen LogP contribution is -2.00. The standard InChI is InChI=1S/C14H9ClN4S/c15-13-11(7-16)14(20-19-13)18-8-10-4-1-3-9-5-2-6-17-12(9)10/h1-6,18H,8H2. The van der Waals surface area contributed by atoms with E-state index in [-0.39, 0.29) is 5.15 Å². The first-order valence-electron chi connectivity index (χ1n) is 5.91. The highest BCUT2D eigenvalue weighted by Crippen LogP contribution is 2.28. The van der Waals surface area contributed by atoms with Gasteiger partial charge < -0.3 is 5.32 Å². The van der Waals surface area contributed by atoms with Crippen molar-refractivity contribution in [1.29, 1.82) is 5.26 Å². The Morgan fingerprint density at radius 1 is 1.30 bits per heavy atom. The van der Waals surface area contributed by atoms with E-state index in [1.165, 1.54) is 11.5 Å². The van der Waals surface area contributed by atoms with Gasteiger partial charge in [-0.1, -0.05) is 35.9 Å². The molecule has 0 bridgehead atoms. The van der Waals surface area contributed by atoms with E-state index in [2.05, 4.69) is 20.7 Å². The van der Waals surface area contributed by atoms with E-state index >= 15 is 0 Å². The van der Waals surface area contributed by atoms with Crippen LogP contribution in [0.3, 0.4) is 0 Å². The number of benzene rings is 1. The van der Waals surface area contributed by atoms with Gasteiger partial charge in [-0.05, 0) is 23.2 Å². The molecule has 2 aromatic heterocycles. The van der Waals surface area contributed by atoms with Crippen LogP contribution in [0.25, 0.3) is 10.9 Å². The first-order chi connectivity index (χ1) is 9.79. The summed E-state index contributed by atoms with van der Waals surface area (Å²) in [7, 11) is 0. The van der Waals surface area contributed by atoms with E-state index in [9.17, 15) is 0 Å². The molecule has 98 valence electrons. The molecule has 4 nitrogen and oxygen atoms in total. The molecule has 1 aromatic carbocycles. The summed E-state index contributed by atoms with van der Waals surface area (Å²) in [5.74, 6) is 0. The van der Waals surface area contributed by atoms with Gasteiger partial charge in [-0.3, -0.25) is 4.98 Å². The molecule has 0 atom stereocenters. The van der Waals surface area contributed by atoms with Gasteiger partial charge in [0.05, 0.1) is 5.52 Å². The molecule has 0 aliphatic rings. The maximum absolute atomic E-state index is 9.04. The zero-order chi connectivity index (χ0) is 13.9. The molecule has 3 aromatic rings. The number of rotatable bonds is 3. The molecule has 1 N–H and O–H groups in total. The van der Waals surface area contributed by atoms with Crippen LogP contribution in [0, 0.1) is 11.3 Å². The number of hydrogen-bond donors (Lipinski definition) is 1. The Labute approximate surface area is 124 Å². The third-order valence-corrected chi connectivity index (χ3v) is 4.10. The van der Waals surface area contributed by atoms with Gasteiger partial charge in [0.1, 0.15) is 16.6 Å². The van der Waals surface area contributed by atoms with E-state index in [1.54, 1.807) is 6.20 Å². The fraction of sp³-hybridized carbons (Fsp3) is 0.0714. The van der Waals surface area contributed by atoms with Crippen molar-refractivity contribution < 1.29 is 0 Å². The summed E-state index contributed by atoms with van der Waals surface area (Å²) in [5.41, 5.74) is 2.41. The van der Waals surface area contributed by atoms with E-state index in [4.69, 9.17) is 16.9 Å². The molecule has 20 heavy (non-hydrogen) atoms. The van der Waals surface area contributed by atoms with Crippen molar-refractivity contribution in [3.8, 4) is 6.07 Å². The van der Waals surface area contributed by atoms with Gasteiger partial charge >= 0.3 is 0 Å². The van der Waals surface area contributed by atoms with Crippen LogP contribution < -0.4 is 5.32 Å². The SMILES string of the molecule is N#Cc1c(Cl)nsc1NCc1cccc2cccnc12. The number of nitrogens with one attached hydrogen (secondary N) is 1. The summed E-state index contributed by atoms with van der Waals surface area (Å²) in [4.78, 5) is 4.40. The molecule has 0 saturated carbocycles. The molecule has 0 aliphatic heterocycles. The molecule has 0 aliphatic carbocycles. The highest BCUT2D eigenvalue weighted by molar-refractivity contribution is 7.10. The third kappa shape index (κ3) is 2.31. The molecule has 3 rings (SSSR count). The fourth-order valence-corrected chi connectivity index (χ4v) is 2.90. The Balaban J connectivity index is 1.89. The summed E-state index contributed by atoms with van der Waals surface area (Å²) in [6, 6.07) is 12.0. The third-order valence-electron chi connectivity index (χ3n) is 2.92. The van der Waals surface area contributed by atoms with Crippen molar-refractivity contribution in [2.24, 2.45) is 0 Å². The molecule has 0 saturated heterocycles. The summed E-state index contributed by atoms with van der Waals surface area (Å²) < 4.78 is 3.97. The zero-order valence-electron chi connectivity index (χ0n) is 10.3. The molecule has 0 fully saturated rings. The minimum atomic E-state index is 0.246. The van der Waals surface area contributed by atoms with Crippen LogP contribution in [-0.4, -0.2) is 9.36 Å². The first-order valence-corrected chi connectivity index (χ1v) is 7.06. The maximum atomic E-state index is 9.04. The van der Waals surface area contributed by atoms with Crippen LogP contribution in [0.15, 0.2) is 36.5 Å². The number of anilines is 1. The monoisotopic (exact) mass is 300 g/mol. The minimum Gasteiger partial charge on any atom is -0.370 e. The van der Waals surface area contributed by atoms with Crippen molar-refractivity contribution in [2.45, 2.75) is 6.54 Å². The molecule has 0 radical (unpaired) electrons. The van der Waals surface area contributed by atoms with Crippen molar-refractivity contribution in [3.05, 3.63) is 52.8 Å². The van der Waals surface area contributed by atoms with E-state index in [0.717, 1.165) is 16.5 Å². The average Bonchev–Trinajstić information content (AvgIpc) is 2.85. The summed E-state index contributed by atoms with van der Waals surface area (Å²) in [6.07, 6.45) is 1.77. The van der Waals surface area contributed by atoms with Crippen molar-refractivity contribution in [1.82, 2.24) is 9.36 Å². The minimum absolute atomic E-state index is 0.246. The fourth-order valence-electron chi connectivity index (χ4n) is 1.97. The van der Waals surface area contributed by atoms with Crippen LogP contribution in [0.4, 0.5) is 5.00 Å². The number of hydrogen-bond acceptors (Lipinski definition) is 5. The van der Waals surface area contributed by atoms with Gasteiger partial charge in [-0.25, -0.2) is 0 Å². The zero-order valence-corrected chi connectivity index (χ0v) is 11.9. The molecule has 0 spiro atoms. The smallest absolute Gasteiger partial charge is 0.162 e. The average molecular weight is 301 g/mol. The highest BCUT2D eigenvalue weighted by Gasteiger charge is 2.11. The largest absolute Gasteiger partial charge is 0.370 e. The van der Waals surface area contributed by atoms with Crippen LogP contribution in [0.1, 0.15) is 11.1 Å². The van der Waals surface area contributed by atoms with Crippen molar-refractivity contribution in [3.63, 3.8) is 0 Å². The van der Waals surface area contributed by atoms with Crippen LogP contribution in [-0.2, 0) is 6.54 Å². The first kappa shape index (κ1) is 12.9. The number of nitriles is 1. The number of nitrogens with zero attached hydrogens (tertiary/aromatic N) is 3. The van der Waals surface area contributed by atoms with Crippen molar-refractivity contribution >= 4 is 39.0 Å². The molecule has 2 heterocycles. The second kappa shape index (κ2) is 5.45.